The van der Waals surface area contributed by atoms with Gasteiger partial charge in [-0.3, -0.25) is 9.59 Å². The monoisotopic (exact) mass is 375 g/mol. The highest BCUT2D eigenvalue weighted by atomic mass is 32.2. The minimum atomic E-state index is -0.371. The van der Waals surface area contributed by atoms with E-state index in [1.807, 2.05) is 30.5 Å². The molecule has 1 amide bonds. The Labute approximate surface area is 152 Å². The molecule has 0 bridgehead atoms. The summed E-state index contributed by atoms with van der Waals surface area (Å²) in [4.78, 5) is 31.3. The van der Waals surface area contributed by atoms with Gasteiger partial charge in [-0.15, -0.1) is 11.3 Å². The van der Waals surface area contributed by atoms with Crippen molar-refractivity contribution in [1.29, 1.82) is 0 Å². The van der Waals surface area contributed by atoms with Crippen molar-refractivity contribution in [2.45, 2.75) is 18.5 Å². The number of ether oxygens (including phenoxy) is 1. The zero-order valence-electron chi connectivity index (χ0n) is 13.8. The van der Waals surface area contributed by atoms with E-state index in [1.165, 1.54) is 23.1 Å². The Hall–Kier alpha value is -2.32. The highest BCUT2D eigenvalue weighted by molar-refractivity contribution is 7.99. The Morgan fingerprint density at radius 2 is 2.24 bits per heavy atom. The zero-order chi connectivity index (χ0) is 18.0. The number of nitrogens with two attached hydrogens (primary N) is 1. The van der Waals surface area contributed by atoms with Crippen LogP contribution in [-0.4, -0.2) is 28.7 Å². The first-order chi connectivity index (χ1) is 12.0. The van der Waals surface area contributed by atoms with E-state index in [2.05, 4.69) is 9.97 Å². The first-order valence-corrected chi connectivity index (χ1v) is 9.43. The third-order valence-corrected chi connectivity index (χ3v) is 5.46. The number of benzene rings is 1. The van der Waals surface area contributed by atoms with Crippen LogP contribution in [0.4, 0.5) is 0 Å². The van der Waals surface area contributed by atoms with E-state index >= 15 is 0 Å². The Morgan fingerprint density at radius 1 is 1.44 bits per heavy atom. The fraction of sp³-hybridized carbons (Fsp3) is 0.235. The summed E-state index contributed by atoms with van der Waals surface area (Å²) in [6.45, 7) is 1.97. The molecule has 3 rings (SSSR count). The van der Waals surface area contributed by atoms with Crippen molar-refractivity contribution >= 4 is 39.2 Å². The molecule has 0 saturated carbocycles. The van der Waals surface area contributed by atoms with E-state index in [9.17, 15) is 9.59 Å². The molecule has 0 unspecified atom stereocenters. The SMILES string of the molecule is COc1ccc(-c2csc3nc(SCCC(N)=O)[nH]c(=O)c23)cc1C. The number of thioether (sulfide) groups is 1. The number of primary amides is 1. The maximum Gasteiger partial charge on any atom is 0.260 e. The van der Waals surface area contributed by atoms with Gasteiger partial charge in [0.25, 0.3) is 5.56 Å². The molecule has 0 aliphatic rings. The summed E-state index contributed by atoms with van der Waals surface area (Å²) in [7, 11) is 1.63. The van der Waals surface area contributed by atoms with E-state index < -0.39 is 0 Å². The van der Waals surface area contributed by atoms with Gasteiger partial charge in [0.05, 0.1) is 12.5 Å². The molecule has 8 heteroatoms. The second-order valence-corrected chi connectivity index (χ2v) is 7.39. The summed E-state index contributed by atoms with van der Waals surface area (Å²) in [6, 6.07) is 5.82. The van der Waals surface area contributed by atoms with Gasteiger partial charge in [0.1, 0.15) is 10.6 Å². The van der Waals surface area contributed by atoms with E-state index in [0.29, 0.717) is 21.1 Å². The number of H-pyrrole nitrogens is 1. The minimum Gasteiger partial charge on any atom is -0.496 e. The lowest BCUT2D eigenvalue weighted by atomic mass is 10.0. The smallest absolute Gasteiger partial charge is 0.260 e. The maximum atomic E-state index is 12.5. The Bertz CT molecular complexity index is 994. The Morgan fingerprint density at radius 3 is 2.92 bits per heavy atom. The van der Waals surface area contributed by atoms with E-state index in [4.69, 9.17) is 10.5 Å². The molecule has 0 saturated heterocycles. The largest absolute Gasteiger partial charge is 0.496 e. The highest BCUT2D eigenvalue weighted by Crippen LogP contribution is 2.33. The number of amides is 1. The van der Waals surface area contributed by atoms with Crippen molar-refractivity contribution in [3.8, 4) is 16.9 Å². The number of aryl methyl sites for hydroxylation is 1. The van der Waals surface area contributed by atoms with Crippen LogP contribution >= 0.6 is 23.1 Å². The number of thiophene rings is 1. The Kier molecular flexibility index (Phi) is 5.10. The minimum absolute atomic E-state index is 0.184. The molecule has 25 heavy (non-hydrogen) atoms. The maximum absolute atomic E-state index is 12.5. The number of carbonyl (C=O) groups is 1. The second-order valence-electron chi connectivity index (χ2n) is 5.45. The van der Waals surface area contributed by atoms with Crippen molar-refractivity contribution < 1.29 is 9.53 Å². The van der Waals surface area contributed by atoms with Gasteiger partial charge in [-0.25, -0.2) is 4.98 Å². The van der Waals surface area contributed by atoms with Gasteiger partial charge in [-0.1, -0.05) is 17.8 Å². The van der Waals surface area contributed by atoms with Gasteiger partial charge >= 0.3 is 0 Å². The van der Waals surface area contributed by atoms with Gasteiger partial charge < -0.3 is 15.5 Å². The molecule has 130 valence electrons. The van der Waals surface area contributed by atoms with Gasteiger partial charge in [0.2, 0.25) is 5.91 Å². The number of rotatable bonds is 6. The number of hydrogen-bond acceptors (Lipinski definition) is 6. The zero-order valence-corrected chi connectivity index (χ0v) is 15.4. The summed E-state index contributed by atoms with van der Waals surface area (Å²) in [5, 5.41) is 3.01. The standard InChI is InChI=1S/C17H17N3O3S2/c1-9-7-10(3-4-12(9)23-2)11-8-25-16-14(11)15(22)19-17(20-16)24-6-5-13(18)21/h3-4,7-8H,5-6H2,1-2H3,(H2,18,21)(H,19,20,22). The number of nitrogens with zero attached hydrogens (tertiary/aromatic N) is 1. The second kappa shape index (κ2) is 7.28. The van der Waals surface area contributed by atoms with Crippen LogP contribution in [0.2, 0.25) is 0 Å². The summed E-state index contributed by atoms with van der Waals surface area (Å²) in [5.74, 6) is 0.923. The number of methoxy groups -OCH3 is 1. The van der Waals surface area contributed by atoms with Crippen molar-refractivity contribution in [3.63, 3.8) is 0 Å². The van der Waals surface area contributed by atoms with Gasteiger partial charge in [-0.2, -0.15) is 0 Å². The fourth-order valence-corrected chi connectivity index (χ4v) is 4.33. The average Bonchev–Trinajstić information content (AvgIpc) is 2.99. The van der Waals surface area contributed by atoms with E-state index in [-0.39, 0.29) is 17.9 Å². The number of nitrogens with one attached hydrogen (secondary N) is 1. The summed E-state index contributed by atoms with van der Waals surface area (Å²) >= 11 is 2.74. The van der Waals surface area contributed by atoms with E-state index in [1.54, 1.807) is 7.11 Å². The summed E-state index contributed by atoms with van der Waals surface area (Å²) in [6.07, 6.45) is 0.243. The fourth-order valence-electron chi connectivity index (χ4n) is 2.50. The number of carbonyl (C=O) groups excluding carboxylic acids is 1. The van der Waals surface area contributed by atoms with Crippen LogP contribution in [0.5, 0.6) is 5.75 Å². The molecule has 3 aromatic rings. The molecular weight excluding hydrogens is 358 g/mol. The highest BCUT2D eigenvalue weighted by Gasteiger charge is 2.14. The van der Waals surface area contributed by atoms with Gasteiger partial charge in [0, 0.05) is 23.1 Å². The third-order valence-electron chi connectivity index (χ3n) is 3.72. The van der Waals surface area contributed by atoms with Crippen LogP contribution in [0, 0.1) is 6.92 Å². The molecule has 2 aromatic heterocycles. The van der Waals surface area contributed by atoms with Gasteiger partial charge in [-0.05, 0) is 30.2 Å². The molecule has 0 spiro atoms. The van der Waals surface area contributed by atoms with Crippen molar-refractivity contribution in [2.24, 2.45) is 5.73 Å². The average molecular weight is 375 g/mol. The van der Waals surface area contributed by atoms with Crippen molar-refractivity contribution in [3.05, 3.63) is 39.5 Å². The molecular formula is C17H17N3O3S2. The first-order valence-electron chi connectivity index (χ1n) is 7.57. The van der Waals surface area contributed by atoms with Gasteiger partial charge in [0.15, 0.2) is 5.16 Å². The predicted molar refractivity (Wildman–Crippen MR) is 102 cm³/mol. The number of fused-ring (bicyclic) bond motifs is 1. The van der Waals surface area contributed by atoms with Crippen LogP contribution in [0.25, 0.3) is 21.3 Å². The quantitative estimate of drug-likeness (QED) is 0.510. The molecule has 0 fully saturated rings. The molecule has 6 nitrogen and oxygen atoms in total. The summed E-state index contributed by atoms with van der Waals surface area (Å²) in [5.41, 5.74) is 7.75. The number of aromatic amines is 1. The van der Waals surface area contributed by atoms with Crippen molar-refractivity contribution in [2.75, 3.05) is 12.9 Å². The molecule has 0 radical (unpaired) electrons. The van der Waals surface area contributed by atoms with E-state index in [0.717, 1.165) is 22.4 Å². The lowest BCUT2D eigenvalue weighted by Crippen LogP contribution is -2.12. The molecule has 3 N–H and O–H groups in total. The lowest BCUT2D eigenvalue weighted by Gasteiger charge is -2.07. The van der Waals surface area contributed by atoms with Crippen LogP contribution < -0.4 is 16.0 Å². The normalized spacial score (nSPS) is 11.0. The Balaban J connectivity index is 1.97. The van der Waals surface area contributed by atoms with Crippen LogP contribution in [0.15, 0.2) is 33.5 Å². The third kappa shape index (κ3) is 3.69. The molecule has 0 aliphatic heterocycles. The van der Waals surface area contributed by atoms with Crippen LogP contribution in [0.1, 0.15) is 12.0 Å². The lowest BCUT2D eigenvalue weighted by molar-refractivity contribution is -0.117. The number of aromatic nitrogens is 2. The van der Waals surface area contributed by atoms with Crippen LogP contribution in [-0.2, 0) is 4.79 Å². The van der Waals surface area contributed by atoms with Crippen molar-refractivity contribution in [1.82, 2.24) is 9.97 Å². The number of hydrogen-bond donors (Lipinski definition) is 2. The molecule has 0 atom stereocenters. The predicted octanol–water partition coefficient (Wildman–Crippen LogP) is 2.94. The first kappa shape index (κ1) is 17.5. The molecule has 2 heterocycles. The topological polar surface area (TPSA) is 98.1 Å². The van der Waals surface area contributed by atoms with Crippen LogP contribution in [0.3, 0.4) is 0 Å². The summed E-state index contributed by atoms with van der Waals surface area (Å²) < 4.78 is 5.29. The molecule has 0 aliphatic carbocycles. The molecule has 1 aromatic carbocycles.